The van der Waals surface area contributed by atoms with E-state index in [1.54, 1.807) is 0 Å². The number of nitrogens with one attached hydrogen (secondary N) is 2. The highest BCUT2D eigenvalue weighted by Gasteiger charge is 2.12. The highest BCUT2D eigenvalue weighted by atomic mass is 32.1. The van der Waals surface area contributed by atoms with Crippen LogP contribution >= 0.6 is 12.2 Å². The van der Waals surface area contributed by atoms with E-state index in [0.29, 0.717) is 5.92 Å². The van der Waals surface area contributed by atoms with Crippen molar-refractivity contribution in [2.24, 2.45) is 0 Å². The normalized spacial score (nSPS) is 11.0. The first kappa shape index (κ1) is 19.4. The zero-order valence-corrected chi connectivity index (χ0v) is 16.6. The van der Waals surface area contributed by atoms with E-state index in [0.717, 1.165) is 30.4 Å². The van der Waals surface area contributed by atoms with Crippen LogP contribution in [0.2, 0.25) is 0 Å². The molecule has 0 aromatic heterocycles. The topological polar surface area (TPSA) is 19.7 Å². The second-order valence-electron chi connectivity index (χ2n) is 7.07. The van der Waals surface area contributed by atoms with Crippen LogP contribution in [-0.4, -0.2) is 37.2 Å². The summed E-state index contributed by atoms with van der Waals surface area (Å²) < 4.78 is 0. The van der Waals surface area contributed by atoms with E-state index in [9.17, 15) is 0 Å². The predicted octanol–water partition coefficient (Wildman–Crippen LogP) is 3.15. The molecule has 25 heavy (non-hydrogen) atoms. The molecule has 2 aromatic carbocycles. The Morgan fingerprint density at radius 2 is 1.68 bits per heavy atom. The second-order valence-corrected chi connectivity index (χ2v) is 7.46. The third-order valence-electron chi connectivity index (χ3n) is 4.21. The Balaban J connectivity index is 2.05. The highest BCUT2D eigenvalue weighted by Crippen LogP contribution is 2.17. The van der Waals surface area contributed by atoms with Crippen LogP contribution in [0.5, 0.6) is 0 Å². The zero-order chi connectivity index (χ0) is 18.2. The van der Waals surface area contributed by atoms with Gasteiger partial charge in [-0.25, -0.2) is 0 Å². The molecule has 0 aliphatic rings. The smallest absolute Gasteiger partial charge is 0.173 e. The lowest BCUT2D eigenvalue weighted by Crippen LogP contribution is -3.06. The SMILES string of the molecule is CC(C)c1ccc(NC(=S)N(CC[NH+](C)C)Cc2ccccc2)cc1. The minimum atomic E-state index is 0.540. The van der Waals surface area contributed by atoms with Gasteiger partial charge in [-0.05, 0) is 41.4 Å². The van der Waals surface area contributed by atoms with Crippen LogP contribution < -0.4 is 10.2 Å². The quantitative estimate of drug-likeness (QED) is 0.744. The van der Waals surface area contributed by atoms with E-state index in [-0.39, 0.29) is 0 Å². The molecular formula is C21H30N3S+. The Labute approximate surface area is 157 Å². The highest BCUT2D eigenvalue weighted by molar-refractivity contribution is 7.80. The fourth-order valence-corrected chi connectivity index (χ4v) is 2.84. The van der Waals surface area contributed by atoms with E-state index in [1.807, 2.05) is 6.07 Å². The van der Waals surface area contributed by atoms with Gasteiger partial charge >= 0.3 is 0 Å². The second kappa shape index (κ2) is 9.54. The van der Waals surface area contributed by atoms with Crippen molar-refractivity contribution in [2.45, 2.75) is 26.3 Å². The van der Waals surface area contributed by atoms with Crippen LogP contribution in [0.4, 0.5) is 5.69 Å². The maximum atomic E-state index is 5.70. The summed E-state index contributed by atoms with van der Waals surface area (Å²) in [4.78, 5) is 3.66. The van der Waals surface area contributed by atoms with Crippen molar-refractivity contribution in [3.8, 4) is 0 Å². The van der Waals surface area contributed by atoms with Crippen LogP contribution in [0.3, 0.4) is 0 Å². The van der Waals surface area contributed by atoms with Crippen molar-refractivity contribution >= 4 is 23.0 Å². The van der Waals surface area contributed by atoms with Gasteiger partial charge in [0.2, 0.25) is 0 Å². The molecule has 0 bridgehead atoms. The molecule has 2 N–H and O–H groups in total. The molecule has 0 saturated carbocycles. The van der Waals surface area contributed by atoms with E-state index >= 15 is 0 Å². The summed E-state index contributed by atoms with van der Waals surface area (Å²) in [5, 5.41) is 4.18. The summed E-state index contributed by atoms with van der Waals surface area (Å²) in [6.45, 7) is 7.20. The molecule has 0 fully saturated rings. The van der Waals surface area contributed by atoms with Crippen molar-refractivity contribution in [3.63, 3.8) is 0 Å². The fourth-order valence-electron chi connectivity index (χ4n) is 2.57. The number of rotatable bonds is 7. The third-order valence-corrected chi connectivity index (χ3v) is 4.57. The molecular weight excluding hydrogens is 326 g/mol. The summed E-state index contributed by atoms with van der Waals surface area (Å²) in [5.41, 5.74) is 3.66. The van der Waals surface area contributed by atoms with Crippen LogP contribution in [0.1, 0.15) is 30.9 Å². The first-order valence-corrected chi connectivity index (χ1v) is 9.35. The van der Waals surface area contributed by atoms with Crippen LogP contribution in [0.25, 0.3) is 0 Å². The third kappa shape index (κ3) is 6.48. The van der Waals surface area contributed by atoms with E-state index < -0.39 is 0 Å². The molecule has 0 saturated heterocycles. The average molecular weight is 357 g/mol. The lowest BCUT2D eigenvalue weighted by Gasteiger charge is -2.26. The molecule has 0 radical (unpaired) electrons. The van der Waals surface area contributed by atoms with Gasteiger partial charge in [0, 0.05) is 12.2 Å². The van der Waals surface area contributed by atoms with Gasteiger partial charge in [-0.2, -0.15) is 0 Å². The Bertz CT molecular complexity index is 651. The molecule has 0 amide bonds. The lowest BCUT2D eigenvalue weighted by molar-refractivity contribution is -0.857. The first-order chi connectivity index (χ1) is 12.0. The number of hydrogen-bond acceptors (Lipinski definition) is 1. The van der Waals surface area contributed by atoms with Gasteiger partial charge in [-0.3, -0.25) is 0 Å². The molecule has 0 unspecified atom stereocenters. The summed E-state index contributed by atoms with van der Waals surface area (Å²) >= 11 is 5.70. The monoisotopic (exact) mass is 356 g/mol. The standard InChI is InChI=1S/C21H29N3S/c1-17(2)19-10-12-20(13-11-19)22-21(25)24(15-14-23(3)4)16-18-8-6-5-7-9-18/h5-13,17H,14-16H2,1-4H3,(H,22,25)/p+1. The van der Waals surface area contributed by atoms with Gasteiger partial charge in [0.1, 0.15) is 0 Å². The molecule has 134 valence electrons. The molecule has 2 rings (SSSR count). The summed E-state index contributed by atoms with van der Waals surface area (Å²) in [7, 11) is 4.34. The molecule has 0 aliphatic carbocycles. The van der Waals surface area contributed by atoms with Crippen molar-refractivity contribution in [2.75, 3.05) is 32.5 Å². The molecule has 4 heteroatoms. The summed E-state index contributed by atoms with van der Waals surface area (Å²) in [6.07, 6.45) is 0. The van der Waals surface area contributed by atoms with Gasteiger partial charge in [0.05, 0.1) is 27.2 Å². The maximum absolute atomic E-state index is 5.70. The van der Waals surface area contributed by atoms with E-state index in [2.05, 4.69) is 86.7 Å². The number of benzene rings is 2. The van der Waals surface area contributed by atoms with Gasteiger partial charge in [0.15, 0.2) is 5.11 Å². The fraction of sp³-hybridized carbons (Fsp3) is 0.381. The number of nitrogens with zero attached hydrogens (tertiary/aromatic N) is 1. The number of hydrogen-bond donors (Lipinski definition) is 2. The summed E-state index contributed by atoms with van der Waals surface area (Å²) in [6, 6.07) is 19.1. The van der Waals surface area contributed by atoms with E-state index in [1.165, 1.54) is 16.0 Å². The van der Waals surface area contributed by atoms with Crippen molar-refractivity contribution in [1.29, 1.82) is 0 Å². The minimum absolute atomic E-state index is 0.540. The number of thiocarbonyl (C=S) groups is 1. The van der Waals surface area contributed by atoms with Crippen LogP contribution in [0.15, 0.2) is 54.6 Å². The molecule has 2 aromatic rings. The molecule has 0 spiro atoms. The molecule has 0 atom stereocenters. The number of anilines is 1. The number of likely N-dealkylation sites (N-methyl/N-ethyl adjacent to an activating group) is 1. The Morgan fingerprint density at radius 3 is 2.24 bits per heavy atom. The average Bonchev–Trinajstić information content (AvgIpc) is 2.59. The van der Waals surface area contributed by atoms with Gasteiger partial charge in [0.25, 0.3) is 0 Å². The molecule has 0 heterocycles. The predicted molar refractivity (Wildman–Crippen MR) is 111 cm³/mol. The minimum Gasteiger partial charge on any atom is -0.339 e. The van der Waals surface area contributed by atoms with Crippen LogP contribution in [0, 0.1) is 0 Å². The van der Waals surface area contributed by atoms with E-state index in [4.69, 9.17) is 12.2 Å². The van der Waals surface area contributed by atoms with Crippen molar-refractivity contribution in [3.05, 3.63) is 65.7 Å². The summed E-state index contributed by atoms with van der Waals surface area (Å²) in [5.74, 6) is 0.540. The molecule has 0 aliphatic heterocycles. The van der Waals surface area contributed by atoms with Crippen LogP contribution in [-0.2, 0) is 6.54 Å². The Morgan fingerprint density at radius 1 is 1.04 bits per heavy atom. The largest absolute Gasteiger partial charge is 0.339 e. The molecule has 3 nitrogen and oxygen atoms in total. The van der Waals surface area contributed by atoms with Gasteiger partial charge < -0.3 is 15.1 Å². The lowest BCUT2D eigenvalue weighted by atomic mass is 10.0. The van der Waals surface area contributed by atoms with Crippen molar-refractivity contribution < 1.29 is 4.90 Å². The maximum Gasteiger partial charge on any atom is 0.173 e. The number of quaternary nitrogens is 1. The van der Waals surface area contributed by atoms with Gasteiger partial charge in [-0.1, -0.05) is 56.3 Å². The van der Waals surface area contributed by atoms with Gasteiger partial charge in [-0.15, -0.1) is 0 Å². The zero-order valence-electron chi connectivity index (χ0n) is 15.8. The van der Waals surface area contributed by atoms with Crippen molar-refractivity contribution in [1.82, 2.24) is 4.90 Å². The first-order valence-electron chi connectivity index (χ1n) is 8.94. The Kier molecular flexibility index (Phi) is 7.41. The Hall–Kier alpha value is -1.91.